The molecule has 0 saturated carbocycles. The van der Waals surface area contributed by atoms with Gasteiger partial charge in [0, 0.05) is 20.1 Å². The van der Waals surface area contributed by atoms with Crippen molar-refractivity contribution in [3.8, 4) is 0 Å². The second kappa shape index (κ2) is 4.29. The van der Waals surface area contributed by atoms with Gasteiger partial charge in [0.25, 0.3) is 0 Å². The number of aliphatic hydroxyl groups excluding tert-OH is 2. The second-order valence-corrected chi connectivity index (χ2v) is 1.64. The van der Waals surface area contributed by atoms with E-state index < -0.39 is 12.0 Å². The fourth-order valence-corrected chi connectivity index (χ4v) is 0.420. The van der Waals surface area contributed by atoms with Gasteiger partial charge in [0.05, 0.1) is 0 Å². The standard InChI is InChI=1S/C5H11NO3/c1-6-5(9)4(8)2-3-7/h4,7-8H,2-3H2,1H3,(H,6,9)/t4-/m0/s1. The van der Waals surface area contributed by atoms with Crippen molar-refractivity contribution in [2.45, 2.75) is 12.5 Å². The Hall–Kier alpha value is -0.610. The van der Waals surface area contributed by atoms with Crippen molar-refractivity contribution >= 4 is 5.91 Å². The van der Waals surface area contributed by atoms with Crippen LogP contribution in [-0.4, -0.2) is 35.9 Å². The molecule has 0 aliphatic rings. The Kier molecular flexibility index (Phi) is 4.00. The van der Waals surface area contributed by atoms with Gasteiger partial charge in [-0.15, -0.1) is 0 Å². The van der Waals surface area contributed by atoms with E-state index in [2.05, 4.69) is 5.32 Å². The van der Waals surface area contributed by atoms with Gasteiger partial charge in [-0.1, -0.05) is 0 Å². The molecule has 0 aliphatic heterocycles. The lowest BCUT2D eigenvalue weighted by Gasteiger charge is -2.04. The van der Waals surface area contributed by atoms with Crippen LogP contribution in [0.5, 0.6) is 0 Å². The summed E-state index contributed by atoms with van der Waals surface area (Å²) in [6.45, 7) is -0.172. The Morgan fingerprint density at radius 1 is 1.78 bits per heavy atom. The van der Waals surface area contributed by atoms with Gasteiger partial charge < -0.3 is 15.5 Å². The summed E-state index contributed by atoms with van der Waals surface area (Å²) in [5.74, 6) is -0.455. The first-order valence-corrected chi connectivity index (χ1v) is 2.73. The molecule has 0 unspecified atom stereocenters. The molecule has 3 N–H and O–H groups in total. The number of hydrogen-bond acceptors (Lipinski definition) is 3. The van der Waals surface area contributed by atoms with E-state index in [9.17, 15) is 4.79 Å². The molecule has 0 bridgehead atoms. The monoisotopic (exact) mass is 133 g/mol. The first-order chi connectivity index (χ1) is 4.22. The third-order valence-corrected chi connectivity index (χ3v) is 0.952. The quantitative estimate of drug-likeness (QED) is 0.437. The predicted molar refractivity (Wildman–Crippen MR) is 31.8 cm³/mol. The summed E-state index contributed by atoms with van der Waals surface area (Å²) >= 11 is 0. The van der Waals surface area contributed by atoms with Crippen LogP contribution in [0.25, 0.3) is 0 Å². The van der Waals surface area contributed by atoms with E-state index in [4.69, 9.17) is 10.2 Å². The molecule has 1 amide bonds. The highest BCUT2D eigenvalue weighted by molar-refractivity contribution is 5.79. The highest BCUT2D eigenvalue weighted by atomic mass is 16.3. The fourth-order valence-electron chi connectivity index (χ4n) is 0.420. The molecule has 4 heteroatoms. The number of rotatable bonds is 3. The molecule has 0 aromatic carbocycles. The van der Waals surface area contributed by atoms with Gasteiger partial charge in [-0.2, -0.15) is 0 Å². The maximum Gasteiger partial charge on any atom is 0.248 e. The zero-order valence-corrected chi connectivity index (χ0v) is 5.29. The number of likely N-dealkylation sites (N-methyl/N-ethyl adjacent to an activating group) is 1. The number of carbonyl (C=O) groups excluding carboxylic acids is 1. The van der Waals surface area contributed by atoms with E-state index in [1.807, 2.05) is 0 Å². The van der Waals surface area contributed by atoms with E-state index in [1.54, 1.807) is 0 Å². The topological polar surface area (TPSA) is 69.6 Å². The summed E-state index contributed by atoms with van der Waals surface area (Å²) in [5.41, 5.74) is 0. The van der Waals surface area contributed by atoms with Crippen LogP contribution in [0.15, 0.2) is 0 Å². The Morgan fingerprint density at radius 2 is 2.33 bits per heavy atom. The van der Waals surface area contributed by atoms with Gasteiger partial charge in [0.15, 0.2) is 0 Å². The van der Waals surface area contributed by atoms with Crippen molar-refractivity contribution in [2.24, 2.45) is 0 Å². The summed E-state index contributed by atoms with van der Waals surface area (Å²) in [4.78, 5) is 10.4. The maximum absolute atomic E-state index is 10.4. The van der Waals surface area contributed by atoms with Crippen LogP contribution in [0.1, 0.15) is 6.42 Å². The molecular formula is C5H11NO3. The predicted octanol–water partition coefficient (Wildman–Crippen LogP) is -1.52. The zero-order valence-electron chi connectivity index (χ0n) is 5.29. The van der Waals surface area contributed by atoms with Crippen LogP contribution in [0.3, 0.4) is 0 Å². The Balaban J connectivity index is 3.45. The molecule has 0 aliphatic carbocycles. The number of nitrogens with one attached hydrogen (secondary N) is 1. The molecule has 4 nitrogen and oxygen atoms in total. The van der Waals surface area contributed by atoms with E-state index in [-0.39, 0.29) is 13.0 Å². The molecule has 1 atom stereocenters. The highest BCUT2D eigenvalue weighted by Crippen LogP contribution is 1.87. The molecule has 0 aromatic rings. The van der Waals surface area contributed by atoms with Gasteiger partial charge in [-0.05, 0) is 0 Å². The third-order valence-electron chi connectivity index (χ3n) is 0.952. The molecule has 0 radical (unpaired) electrons. The summed E-state index contributed by atoms with van der Waals surface area (Å²) < 4.78 is 0. The molecule has 54 valence electrons. The Labute approximate surface area is 53.5 Å². The van der Waals surface area contributed by atoms with Crippen molar-refractivity contribution in [1.82, 2.24) is 5.32 Å². The smallest absolute Gasteiger partial charge is 0.248 e. The molecule has 0 saturated heterocycles. The van der Waals surface area contributed by atoms with E-state index in [0.717, 1.165) is 0 Å². The van der Waals surface area contributed by atoms with Crippen LogP contribution in [0.4, 0.5) is 0 Å². The Morgan fingerprint density at radius 3 is 2.67 bits per heavy atom. The molecule has 0 rings (SSSR count). The number of aliphatic hydroxyl groups is 2. The van der Waals surface area contributed by atoms with Crippen molar-refractivity contribution in [3.63, 3.8) is 0 Å². The highest BCUT2D eigenvalue weighted by Gasteiger charge is 2.10. The first-order valence-electron chi connectivity index (χ1n) is 2.73. The molecule has 0 heterocycles. The minimum absolute atomic E-state index is 0.0969. The average molecular weight is 133 g/mol. The Bertz CT molecular complexity index is 94.2. The number of hydrogen-bond donors (Lipinski definition) is 3. The van der Waals surface area contributed by atoms with E-state index in [0.29, 0.717) is 0 Å². The molecule has 0 aromatic heterocycles. The van der Waals surface area contributed by atoms with Crippen LogP contribution in [0.2, 0.25) is 0 Å². The second-order valence-electron chi connectivity index (χ2n) is 1.64. The van der Waals surface area contributed by atoms with Crippen LogP contribution >= 0.6 is 0 Å². The van der Waals surface area contributed by atoms with Crippen LogP contribution in [0, 0.1) is 0 Å². The molecule has 0 fully saturated rings. The summed E-state index contributed by atoms with van der Waals surface area (Å²) in [6.07, 6.45) is -0.973. The average Bonchev–Trinajstić information content (AvgIpc) is 1.87. The minimum atomic E-state index is -1.07. The summed E-state index contributed by atoms with van der Waals surface area (Å²) in [5, 5.41) is 19.2. The van der Waals surface area contributed by atoms with Crippen LogP contribution < -0.4 is 5.32 Å². The lowest BCUT2D eigenvalue weighted by Crippen LogP contribution is -2.32. The van der Waals surface area contributed by atoms with Crippen molar-refractivity contribution in [2.75, 3.05) is 13.7 Å². The molecule has 0 spiro atoms. The van der Waals surface area contributed by atoms with Gasteiger partial charge in [-0.25, -0.2) is 0 Å². The van der Waals surface area contributed by atoms with E-state index in [1.165, 1.54) is 7.05 Å². The number of amides is 1. The van der Waals surface area contributed by atoms with Crippen molar-refractivity contribution < 1.29 is 15.0 Å². The van der Waals surface area contributed by atoms with Crippen molar-refractivity contribution in [3.05, 3.63) is 0 Å². The van der Waals surface area contributed by atoms with Gasteiger partial charge in [0.2, 0.25) is 5.91 Å². The number of carbonyl (C=O) groups is 1. The zero-order chi connectivity index (χ0) is 7.28. The maximum atomic E-state index is 10.4. The van der Waals surface area contributed by atoms with E-state index >= 15 is 0 Å². The minimum Gasteiger partial charge on any atom is -0.396 e. The first kappa shape index (κ1) is 8.39. The summed E-state index contributed by atoms with van der Waals surface area (Å²) in [6, 6.07) is 0. The fraction of sp³-hybridized carbons (Fsp3) is 0.800. The lowest BCUT2D eigenvalue weighted by atomic mass is 10.2. The molecular weight excluding hydrogens is 122 g/mol. The largest absolute Gasteiger partial charge is 0.396 e. The van der Waals surface area contributed by atoms with Crippen LogP contribution in [-0.2, 0) is 4.79 Å². The van der Waals surface area contributed by atoms with Crippen molar-refractivity contribution in [1.29, 1.82) is 0 Å². The third kappa shape index (κ3) is 3.05. The molecule has 9 heavy (non-hydrogen) atoms. The summed E-state index contributed by atoms with van der Waals surface area (Å²) in [7, 11) is 1.43. The normalized spacial score (nSPS) is 12.8. The lowest BCUT2D eigenvalue weighted by molar-refractivity contribution is -0.129. The van der Waals surface area contributed by atoms with Gasteiger partial charge in [-0.3, -0.25) is 4.79 Å². The van der Waals surface area contributed by atoms with Gasteiger partial charge in [0.1, 0.15) is 6.10 Å². The SMILES string of the molecule is CNC(=O)[C@@H](O)CCO. The van der Waals surface area contributed by atoms with Gasteiger partial charge >= 0.3 is 0 Å².